The van der Waals surface area contributed by atoms with Crippen molar-refractivity contribution in [3.63, 3.8) is 0 Å². The first kappa shape index (κ1) is 17.6. The molecule has 0 aliphatic carbocycles. The number of rotatable bonds is 4. The van der Waals surface area contributed by atoms with Crippen molar-refractivity contribution in [1.29, 1.82) is 0 Å². The number of nitrogens with one attached hydrogen (secondary N) is 2. The summed E-state index contributed by atoms with van der Waals surface area (Å²) in [4.78, 5) is 30.1. The summed E-state index contributed by atoms with van der Waals surface area (Å²) >= 11 is 0. The van der Waals surface area contributed by atoms with E-state index in [0.717, 1.165) is 12.3 Å². The molecule has 0 bridgehead atoms. The number of carbonyl (C=O) groups excluding carboxylic acids is 1. The number of alkyl halides is 3. The minimum absolute atomic E-state index is 0.0549. The molecule has 26 heavy (non-hydrogen) atoms. The highest BCUT2D eigenvalue weighted by atomic mass is 19.4. The summed E-state index contributed by atoms with van der Waals surface area (Å²) in [5, 5.41) is 6.24. The Balaban J connectivity index is 1.81. The minimum Gasteiger partial charge on any atom is -0.351 e. The van der Waals surface area contributed by atoms with Crippen LogP contribution in [0.25, 0.3) is 5.65 Å². The number of H-pyrrole nitrogens is 1. The maximum Gasteiger partial charge on any atom is 0.433 e. The van der Waals surface area contributed by atoms with Crippen LogP contribution in [-0.2, 0) is 12.6 Å². The first-order valence-electron chi connectivity index (χ1n) is 7.64. The fourth-order valence-corrected chi connectivity index (χ4v) is 2.49. The molecule has 0 aliphatic rings. The van der Waals surface area contributed by atoms with Gasteiger partial charge in [-0.1, -0.05) is 6.07 Å². The molecule has 7 nitrogen and oxygen atoms in total. The van der Waals surface area contributed by atoms with E-state index in [1.165, 1.54) is 13.0 Å². The highest BCUT2D eigenvalue weighted by molar-refractivity contribution is 5.99. The smallest absolute Gasteiger partial charge is 0.351 e. The quantitative estimate of drug-likeness (QED) is 0.736. The molecule has 3 aromatic rings. The molecule has 0 unspecified atom stereocenters. The lowest BCUT2D eigenvalue weighted by Crippen LogP contribution is -2.26. The van der Waals surface area contributed by atoms with Crippen molar-refractivity contribution < 1.29 is 18.0 Å². The number of aromatic nitrogens is 4. The lowest BCUT2D eigenvalue weighted by molar-refractivity contribution is -0.142. The standard InChI is InChI=1S/C16H14F3N5O2/c1-9-7-12(16(17,18)19)24-14(22-9)11(8-21-24)15(26)20-6-5-10-3-2-4-13(25)23-10/h2-4,7-8H,5-6H2,1H3,(H,20,26)(H,23,25). The molecule has 3 aromatic heterocycles. The van der Waals surface area contributed by atoms with Crippen molar-refractivity contribution in [2.45, 2.75) is 19.5 Å². The fraction of sp³-hybridized carbons (Fsp3) is 0.250. The summed E-state index contributed by atoms with van der Waals surface area (Å²) in [7, 11) is 0. The van der Waals surface area contributed by atoms with Gasteiger partial charge in [-0.2, -0.15) is 18.3 Å². The number of aromatic amines is 1. The zero-order valence-corrected chi connectivity index (χ0v) is 13.6. The number of nitrogens with zero attached hydrogens (tertiary/aromatic N) is 3. The van der Waals surface area contributed by atoms with Crippen LogP contribution in [-0.4, -0.2) is 32.0 Å². The van der Waals surface area contributed by atoms with E-state index in [9.17, 15) is 22.8 Å². The van der Waals surface area contributed by atoms with E-state index in [-0.39, 0.29) is 29.0 Å². The maximum absolute atomic E-state index is 13.1. The van der Waals surface area contributed by atoms with Crippen molar-refractivity contribution in [3.05, 3.63) is 63.5 Å². The average molecular weight is 365 g/mol. The second-order valence-corrected chi connectivity index (χ2v) is 5.62. The van der Waals surface area contributed by atoms with E-state index in [4.69, 9.17) is 0 Å². The maximum atomic E-state index is 13.1. The van der Waals surface area contributed by atoms with Crippen LogP contribution >= 0.6 is 0 Å². The van der Waals surface area contributed by atoms with Crippen LogP contribution in [0.3, 0.4) is 0 Å². The predicted octanol–water partition coefficient (Wildman–Crippen LogP) is 1.72. The molecule has 1 amide bonds. The van der Waals surface area contributed by atoms with Gasteiger partial charge >= 0.3 is 6.18 Å². The zero-order chi connectivity index (χ0) is 18.9. The van der Waals surface area contributed by atoms with Crippen LogP contribution in [0, 0.1) is 6.92 Å². The molecule has 2 N–H and O–H groups in total. The molecule has 0 spiro atoms. The number of pyridine rings is 1. The van der Waals surface area contributed by atoms with Crippen molar-refractivity contribution in [3.8, 4) is 0 Å². The lowest BCUT2D eigenvalue weighted by Gasteiger charge is -2.10. The monoisotopic (exact) mass is 365 g/mol. The summed E-state index contributed by atoms with van der Waals surface area (Å²) in [6.07, 6.45) is -3.21. The molecular formula is C16H14F3N5O2. The highest BCUT2D eigenvalue weighted by Crippen LogP contribution is 2.30. The molecule has 3 rings (SSSR count). The number of hydrogen-bond acceptors (Lipinski definition) is 4. The van der Waals surface area contributed by atoms with Crippen LogP contribution in [0.2, 0.25) is 0 Å². The van der Waals surface area contributed by atoms with Gasteiger partial charge in [-0.3, -0.25) is 9.59 Å². The van der Waals surface area contributed by atoms with Crippen LogP contribution in [0.15, 0.2) is 35.3 Å². The van der Waals surface area contributed by atoms with E-state index >= 15 is 0 Å². The molecule has 0 atom stereocenters. The van der Waals surface area contributed by atoms with E-state index in [1.54, 1.807) is 12.1 Å². The third kappa shape index (κ3) is 3.58. The van der Waals surface area contributed by atoms with E-state index in [2.05, 4.69) is 20.4 Å². The van der Waals surface area contributed by atoms with Crippen molar-refractivity contribution in [2.24, 2.45) is 0 Å². The summed E-state index contributed by atoms with van der Waals surface area (Å²) in [5.41, 5.74) is -0.715. The number of fused-ring (bicyclic) bond motifs is 1. The molecular weight excluding hydrogens is 351 g/mol. The second-order valence-electron chi connectivity index (χ2n) is 5.62. The lowest BCUT2D eigenvalue weighted by atomic mass is 10.2. The number of halogens is 3. The first-order valence-corrected chi connectivity index (χ1v) is 7.64. The Hall–Kier alpha value is -3.17. The molecule has 3 heterocycles. The summed E-state index contributed by atoms with van der Waals surface area (Å²) < 4.78 is 39.9. The Morgan fingerprint density at radius 1 is 1.35 bits per heavy atom. The second kappa shape index (κ2) is 6.62. The fourth-order valence-electron chi connectivity index (χ4n) is 2.49. The molecule has 0 radical (unpaired) electrons. The molecule has 0 saturated carbocycles. The SMILES string of the molecule is Cc1cc(C(F)(F)F)n2ncc(C(=O)NCCc3cccc(=O)[nH]3)c2n1. The summed E-state index contributed by atoms with van der Waals surface area (Å²) in [5.74, 6) is -0.593. The summed E-state index contributed by atoms with van der Waals surface area (Å²) in [6, 6.07) is 5.52. The van der Waals surface area contributed by atoms with Crippen LogP contribution in [0.4, 0.5) is 13.2 Å². The van der Waals surface area contributed by atoms with Crippen LogP contribution in [0.1, 0.15) is 27.4 Å². The highest BCUT2D eigenvalue weighted by Gasteiger charge is 2.35. The number of amides is 1. The van der Waals surface area contributed by atoms with Crippen molar-refractivity contribution >= 4 is 11.6 Å². The van der Waals surface area contributed by atoms with Crippen molar-refractivity contribution in [1.82, 2.24) is 24.9 Å². The molecule has 0 fully saturated rings. The molecule has 136 valence electrons. The predicted molar refractivity (Wildman–Crippen MR) is 85.8 cm³/mol. The largest absolute Gasteiger partial charge is 0.433 e. The normalized spacial score (nSPS) is 11.7. The van der Waals surface area contributed by atoms with Gasteiger partial charge in [0.1, 0.15) is 11.3 Å². The van der Waals surface area contributed by atoms with Gasteiger partial charge in [0.25, 0.3) is 5.91 Å². The average Bonchev–Trinajstić information content (AvgIpc) is 2.96. The molecule has 0 aromatic carbocycles. The Morgan fingerprint density at radius 2 is 2.12 bits per heavy atom. The molecule has 0 aliphatic heterocycles. The number of hydrogen-bond donors (Lipinski definition) is 2. The van der Waals surface area contributed by atoms with Gasteiger partial charge in [0.15, 0.2) is 5.65 Å². The topological polar surface area (TPSA) is 92.2 Å². The van der Waals surface area contributed by atoms with Crippen LogP contribution < -0.4 is 10.9 Å². The van der Waals surface area contributed by atoms with Gasteiger partial charge in [-0.05, 0) is 19.1 Å². The Bertz CT molecular complexity index is 1020. The van der Waals surface area contributed by atoms with Gasteiger partial charge < -0.3 is 10.3 Å². The zero-order valence-electron chi connectivity index (χ0n) is 13.6. The Kier molecular flexibility index (Phi) is 4.49. The minimum atomic E-state index is -4.62. The number of aryl methyl sites for hydroxylation is 1. The third-order valence-electron chi connectivity index (χ3n) is 3.64. The molecule has 10 heteroatoms. The summed E-state index contributed by atoms with van der Waals surface area (Å²) in [6.45, 7) is 1.60. The van der Waals surface area contributed by atoms with Gasteiger partial charge in [0, 0.05) is 30.4 Å². The first-order chi connectivity index (χ1) is 12.3. The Morgan fingerprint density at radius 3 is 2.81 bits per heavy atom. The van der Waals surface area contributed by atoms with E-state index in [0.29, 0.717) is 16.6 Å². The third-order valence-corrected chi connectivity index (χ3v) is 3.64. The van der Waals surface area contributed by atoms with Crippen LogP contribution in [0.5, 0.6) is 0 Å². The van der Waals surface area contributed by atoms with E-state index < -0.39 is 17.8 Å². The van der Waals surface area contributed by atoms with Gasteiger partial charge in [-0.25, -0.2) is 9.50 Å². The van der Waals surface area contributed by atoms with Gasteiger partial charge in [-0.15, -0.1) is 0 Å². The number of carbonyl (C=O) groups is 1. The van der Waals surface area contributed by atoms with Gasteiger partial charge in [0.2, 0.25) is 5.56 Å². The van der Waals surface area contributed by atoms with Gasteiger partial charge in [0.05, 0.1) is 6.20 Å². The Labute approximate surface area is 144 Å². The molecule has 0 saturated heterocycles. The van der Waals surface area contributed by atoms with E-state index in [1.807, 2.05) is 0 Å². The van der Waals surface area contributed by atoms with Crippen molar-refractivity contribution in [2.75, 3.05) is 6.54 Å².